The van der Waals surface area contributed by atoms with Gasteiger partial charge in [-0.2, -0.15) is 0 Å². The third-order valence-corrected chi connectivity index (χ3v) is 2.99. The summed E-state index contributed by atoms with van der Waals surface area (Å²) in [4.78, 5) is 0. The Labute approximate surface area is 75.5 Å². The zero-order valence-electron chi connectivity index (χ0n) is 6.76. The Bertz CT molecular complexity index is 228. The van der Waals surface area contributed by atoms with Gasteiger partial charge in [0.15, 0.2) is 0 Å². The third-order valence-electron chi connectivity index (χ3n) is 2.10. The summed E-state index contributed by atoms with van der Waals surface area (Å²) < 4.78 is 1.05. The van der Waals surface area contributed by atoms with Crippen molar-refractivity contribution in [2.24, 2.45) is 11.5 Å². The van der Waals surface area contributed by atoms with Crippen LogP contribution in [0.5, 0.6) is 0 Å². The Morgan fingerprint density at radius 1 is 1.64 bits per heavy atom. The molecule has 0 radical (unpaired) electrons. The molecule has 4 N–H and O–H groups in total. The second-order valence-electron chi connectivity index (χ2n) is 3.21. The highest BCUT2D eigenvalue weighted by atomic mass is 79.9. The van der Waals surface area contributed by atoms with E-state index in [0.717, 1.165) is 10.1 Å². The van der Waals surface area contributed by atoms with Gasteiger partial charge in [0.05, 0.1) is 5.54 Å². The van der Waals surface area contributed by atoms with E-state index in [9.17, 15) is 0 Å². The molecule has 0 spiro atoms. The molecule has 1 rings (SSSR count). The SMILES string of the molecule is CC1=C(Br)C=CC(C)(N)C1N. The predicted octanol–water partition coefficient (Wildman–Crippen LogP) is 1.27. The van der Waals surface area contributed by atoms with Crippen LogP contribution in [0.25, 0.3) is 0 Å². The van der Waals surface area contributed by atoms with Crippen LogP contribution in [0.2, 0.25) is 0 Å². The lowest BCUT2D eigenvalue weighted by molar-refractivity contribution is 0.495. The molecule has 0 fully saturated rings. The zero-order chi connectivity index (χ0) is 8.65. The van der Waals surface area contributed by atoms with Crippen LogP contribution in [-0.2, 0) is 0 Å². The normalized spacial score (nSPS) is 38.1. The Kier molecular flexibility index (Phi) is 2.23. The lowest BCUT2D eigenvalue weighted by atomic mass is 9.85. The molecule has 2 unspecified atom stereocenters. The number of rotatable bonds is 0. The van der Waals surface area contributed by atoms with Crippen molar-refractivity contribution in [1.29, 1.82) is 0 Å². The molecule has 11 heavy (non-hydrogen) atoms. The summed E-state index contributed by atoms with van der Waals surface area (Å²) in [5, 5.41) is 0. The maximum absolute atomic E-state index is 5.91. The first kappa shape index (κ1) is 8.97. The fraction of sp³-hybridized carbons (Fsp3) is 0.500. The van der Waals surface area contributed by atoms with Crippen molar-refractivity contribution in [3.05, 3.63) is 22.2 Å². The minimum absolute atomic E-state index is 0.0816. The van der Waals surface area contributed by atoms with Crippen molar-refractivity contribution in [3.63, 3.8) is 0 Å². The van der Waals surface area contributed by atoms with E-state index < -0.39 is 5.54 Å². The first-order valence-electron chi connectivity index (χ1n) is 3.55. The largest absolute Gasteiger partial charge is 0.322 e. The molecular formula is C8H13BrN2. The van der Waals surface area contributed by atoms with Crippen LogP contribution in [0.3, 0.4) is 0 Å². The van der Waals surface area contributed by atoms with Gasteiger partial charge in [-0.25, -0.2) is 0 Å². The molecule has 2 nitrogen and oxygen atoms in total. The summed E-state index contributed by atoms with van der Waals surface area (Å²) in [5.41, 5.74) is 12.5. The van der Waals surface area contributed by atoms with Crippen LogP contribution < -0.4 is 11.5 Å². The molecular weight excluding hydrogens is 204 g/mol. The Hall–Kier alpha value is -0.120. The van der Waals surface area contributed by atoms with Gasteiger partial charge in [-0.15, -0.1) is 0 Å². The summed E-state index contributed by atoms with van der Waals surface area (Å²) >= 11 is 3.40. The summed E-state index contributed by atoms with van der Waals surface area (Å²) in [5.74, 6) is 0. The highest BCUT2D eigenvalue weighted by Crippen LogP contribution is 2.26. The van der Waals surface area contributed by atoms with Gasteiger partial charge in [-0.3, -0.25) is 0 Å². The van der Waals surface area contributed by atoms with Gasteiger partial charge in [0.1, 0.15) is 0 Å². The van der Waals surface area contributed by atoms with E-state index in [1.54, 1.807) is 0 Å². The molecule has 0 amide bonds. The highest BCUT2D eigenvalue weighted by molar-refractivity contribution is 9.11. The van der Waals surface area contributed by atoms with Gasteiger partial charge in [-0.1, -0.05) is 28.1 Å². The maximum Gasteiger partial charge on any atom is 0.0507 e. The summed E-state index contributed by atoms with van der Waals surface area (Å²) in [6.07, 6.45) is 3.88. The number of hydrogen-bond donors (Lipinski definition) is 2. The zero-order valence-corrected chi connectivity index (χ0v) is 8.35. The van der Waals surface area contributed by atoms with Crippen molar-refractivity contribution in [1.82, 2.24) is 0 Å². The van der Waals surface area contributed by atoms with Gasteiger partial charge >= 0.3 is 0 Å². The van der Waals surface area contributed by atoms with Crippen LogP contribution in [0, 0.1) is 0 Å². The van der Waals surface area contributed by atoms with Gasteiger partial charge < -0.3 is 11.5 Å². The van der Waals surface area contributed by atoms with Crippen LogP contribution in [-0.4, -0.2) is 11.6 Å². The highest BCUT2D eigenvalue weighted by Gasteiger charge is 2.29. The van der Waals surface area contributed by atoms with Gasteiger partial charge in [-0.05, 0) is 19.4 Å². The van der Waals surface area contributed by atoms with Gasteiger partial charge in [0.2, 0.25) is 0 Å². The summed E-state index contributed by atoms with van der Waals surface area (Å²) in [6, 6.07) is -0.0816. The van der Waals surface area contributed by atoms with Crippen LogP contribution in [0.15, 0.2) is 22.2 Å². The van der Waals surface area contributed by atoms with Crippen LogP contribution in [0.4, 0.5) is 0 Å². The molecule has 0 saturated carbocycles. The average Bonchev–Trinajstić information content (AvgIpc) is 1.95. The van der Waals surface area contributed by atoms with Crippen molar-refractivity contribution >= 4 is 15.9 Å². The monoisotopic (exact) mass is 216 g/mol. The minimum Gasteiger partial charge on any atom is -0.322 e. The minimum atomic E-state index is -0.401. The molecule has 0 bridgehead atoms. The molecule has 2 atom stereocenters. The van der Waals surface area contributed by atoms with E-state index in [1.165, 1.54) is 0 Å². The van der Waals surface area contributed by atoms with Crippen molar-refractivity contribution in [3.8, 4) is 0 Å². The van der Waals surface area contributed by atoms with E-state index in [0.29, 0.717) is 0 Å². The Balaban J connectivity index is 3.01. The summed E-state index contributed by atoms with van der Waals surface area (Å²) in [6.45, 7) is 3.92. The molecule has 0 aromatic heterocycles. The lowest BCUT2D eigenvalue weighted by Crippen LogP contribution is -2.53. The average molecular weight is 217 g/mol. The van der Waals surface area contributed by atoms with Gasteiger partial charge in [0, 0.05) is 10.5 Å². The first-order valence-corrected chi connectivity index (χ1v) is 4.34. The second-order valence-corrected chi connectivity index (χ2v) is 4.06. The molecule has 62 valence electrons. The Morgan fingerprint density at radius 3 is 2.64 bits per heavy atom. The van der Waals surface area contributed by atoms with E-state index >= 15 is 0 Å². The van der Waals surface area contributed by atoms with Crippen LogP contribution >= 0.6 is 15.9 Å². The molecule has 3 heteroatoms. The molecule has 1 aliphatic carbocycles. The molecule has 0 aliphatic heterocycles. The number of halogens is 1. The topological polar surface area (TPSA) is 52.0 Å². The first-order chi connectivity index (χ1) is 4.95. The quantitative estimate of drug-likeness (QED) is 0.641. The summed E-state index contributed by atoms with van der Waals surface area (Å²) in [7, 11) is 0. The molecule has 1 aliphatic rings. The van der Waals surface area contributed by atoms with E-state index in [4.69, 9.17) is 11.5 Å². The second kappa shape index (κ2) is 2.73. The van der Waals surface area contributed by atoms with Crippen molar-refractivity contribution in [2.75, 3.05) is 0 Å². The fourth-order valence-electron chi connectivity index (χ4n) is 1.10. The lowest BCUT2D eigenvalue weighted by Gasteiger charge is -2.32. The van der Waals surface area contributed by atoms with Crippen molar-refractivity contribution < 1.29 is 0 Å². The number of nitrogens with two attached hydrogens (primary N) is 2. The standard InChI is InChI=1S/C8H13BrN2/c1-5-6(9)3-4-8(2,11)7(5)10/h3-4,7H,10-11H2,1-2H3. The molecule has 0 heterocycles. The maximum atomic E-state index is 5.91. The van der Waals surface area contributed by atoms with E-state index in [2.05, 4.69) is 15.9 Å². The van der Waals surface area contributed by atoms with Gasteiger partial charge in [0.25, 0.3) is 0 Å². The van der Waals surface area contributed by atoms with Crippen LogP contribution in [0.1, 0.15) is 13.8 Å². The van der Waals surface area contributed by atoms with E-state index in [-0.39, 0.29) is 6.04 Å². The Morgan fingerprint density at radius 2 is 2.18 bits per heavy atom. The number of hydrogen-bond acceptors (Lipinski definition) is 2. The fourth-order valence-corrected chi connectivity index (χ4v) is 1.48. The molecule has 0 aromatic rings. The van der Waals surface area contributed by atoms with E-state index in [1.807, 2.05) is 26.0 Å². The molecule has 0 aromatic carbocycles. The van der Waals surface area contributed by atoms with Crippen molar-refractivity contribution in [2.45, 2.75) is 25.4 Å². The number of allylic oxidation sites excluding steroid dienone is 2. The smallest absolute Gasteiger partial charge is 0.0507 e. The molecule has 0 saturated heterocycles. The third kappa shape index (κ3) is 1.55. The predicted molar refractivity (Wildman–Crippen MR) is 51.3 cm³/mol.